The number of aromatic nitrogens is 2. The predicted molar refractivity (Wildman–Crippen MR) is 82.3 cm³/mol. The lowest BCUT2D eigenvalue weighted by molar-refractivity contribution is 0.608. The largest absolute Gasteiger partial charge is 0.324 e. The summed E-state index contributed by atoms with van der Waals surface area (Å²) in [7, 11) is 1.84. The van der Waals surface area contributed by atoms with Crippen molar-refractivity contribution in [3.05, 3.63) is 50.5 Å². The molecule has 1 aromatic heterocycles. The minimum absolute atomic E-state index is 0.302. The summed E-state index contributed by atoms with van der Waals surface area (Å²) in [6, 6.07) is 4.15. The van der Waals surface area contributed by atoms with Crippen molar-refractivity contribution in [1.82, 2.24) is 9.78 Å². The molecule has 3 nitrogen and oxygen atoms in total. The maximum Gasteiger partial charge on any atom is 0.123 e. The molecule has 2 aromatic rings. The first-order chi connectivity index (χ1) is 9.43. The molecule has 108 valence electrons. The Morgan fingerprint density at radius 3 is 2.80 bits per heavy atom. The van der Waals surface area contributed by atoms with Crippen LogP contribution in [0.1, 0.15) is 29.9 Å². The second kappa shape index (κ2) is 6.24. The lowest BCUT2D eigenvalue weighted by atomic mass is 10.0. The Hall–Kier alpha value is -0.910. The van der Waals surface area contributed by atoms with Gasteiger partial charge in [0.25, 0.3) is 0 Å². The van der Waals surface area contributed by atoms with E-state index in [9.17, 15) is 4.39 Å². The zero-order valence-corrected chi connectivity index (χ0v) is 13.7. The molecule has 0 fully saturated rings. The van der Waals surface area contributed by atoms with Crippen molar-refractivity contribution in [1.29, 1.82) is 0 Å². The number of rotatable bonds is 4. The fraction of sp³-hybridized carbons (Fsp3) is 0.357. The van der Waals surface area contributed by atoms with Crippen LogP contribution in [0.25, 0.3) is 0 Å². The van der Waals surface area contributed by atoms with E-state index in [1.54, 1.807) is 10.7 Å². The first-order valence-electron chi connectivity index (χ1n) is 6.34. The van der Waals surface area contributed by atoms with E-state index in [0.717, 1.165) is 27.8 Å². The van der Waals surface area contributed by atoms with Crippen molar-refractivity contribution in [2.24, 2.45) is 12.8 Å². The van der Waals surface area contributed by atoms with E-state index < -0.39 is 0 Å². The summed E-state index contributed by atoms with van der Waals surface area (Å²) in [6.07, 6.45) is 1.27. The SMILES string of the molecule is CCc1nn(C)c(CC(N)c2cc(F)ccc2Br)c1Cl. The van der Waals surface area contributed by atoms with Crippen LogP contribution in [0.2, 0.25) is 5.02 Å². The number of halogens is 3. The van der Waals surface area contributed by atoms with Crippen molar-refractivity contribution in [3.63, 3.8) is 0 Å². The van der Waals surface area contributed by atoms with Gasteiger partial charge in [-0.05, 0) is 30.2 Å². The third-order valence-corrected chi connectivity index (χ3v) is 4.43. The lowest BCUT2D eigenvalue weighted by Crippen LogP contribution is -2.16. The average molecular weight is 361 g/mol. The third-order valence-electron chi connectivity index (χ3n) is 3.27. The van der Waals surface area contributed by atoms with E-state index >= 15 is 0 Å². The summed E-state index contributed by atoms with van der Waals surface area (Å²) in [5, 5.41) is 5.01. The molecule has 2 N–H and O–H groups in total. The monoisotopic (exact) mass is 359 g/mol. The van der Waals surface area contributed by atoms with Gasteiger partial charge in [0.15, 0.2) is 0 Å². The van der Waals surface area contributed by atoms with Crippen LogP contribution < -0.4 is 5.73 Å². The molecule has 0 aliphatic rings. The van der Waals surface area contributed by atoms with E-state index in [-0.39, 0.29) is 11.9 Å². The molecule has 0 saturated heterocycles. The molecule has 1 heterocycles. The lowest BCUT2D eigenvalue weighted by Gasteiger charge is -2.14. The highest BCUT2D eigenvalue weighted by Crippen LogP contribution is 2.29. The Morgan fingerprint density at radius 2 is 2.20 bits per heavy atom. The Balaban J connectivity index is 2.30. The Bertz CT molecular complexity index is 627. The highest BCUT2D eigenvalue weighted by Gasteiger charge is 2.18. The molecule has 0 aliphatic carbocycles. The number of nitrogens with two attached hydrogens (primary N) is 1. The van der Waals surface area contributed by atoms with Crippen LogP contribution in [0.4, 0.5) is 4.39 Å². The molecule has 0 amide bonds. The predicted octanol–water partition coefficient (Wildman–Crippen LogP) is 3.78. The maximum atomic E-state index is 13.3. The van der Waals surface area contributed by atoms with E-state index in [0.29, 0.717) is 11.4 Å². The number of hydrogen-bond donors (Lipinski definition) is 1. The molecule has 0 saturated carbocycles. The normalized spacial score (nSPS) is 12.7. The summed E-state index contributed by atoms with van der Waals surface area (Å²) < 4.78 is 15.9. The molecule has 0 aliphatic heterocycles. The molecular formula is C14H16BrClFN3. The Kier molecular flexibility index (Phi) is 4.83. The van der Waals surface area contributed by atoms with Crippen LogP contribution in [0, 0.1) is 5.82 Å². The number of nitrogens with zero attached hydrogens (tertiary/aromatic N) is 2. The van der Waals surface area contributed by atoms with E-state index in [1.807, 2.05) is 14.0 Å². The second-order valence-corrected chi connectivity index (χ2v) is 5.89. The fourth-order valence-corrected chi connectivity index (χ4v) is 3.07. The maximum absolute atomic E-state index is 13.3. The van der Waals surface area contributed by atoms with Crippen molar-refractivity contribution < 1.29 is 4.39 Å². The van der Waals surface area contributed by atoms with Gasteiger partial charge in [0, 0.05) is 24.0 Å². The summed E-state index contributed by atoms with van der Waals surface area (Å²) in [6.45, 7) is 2.00. The van der Waals surface area contributed by atoms with Gasteiger partial charge in [0.05, 0.1) is 16.4 Å². The minimum atomic E-state index is -0.349. The number of hydrogen-bond acceptors (Lipinski definition) is 2. The molecule has 0 radical (unpaired) electrons. The van der Waals surface area contributed by atoms with E-state index in [2.05, 4.69) is 21.0 Å². The van der Waals surface area contributed by atoms with Crippen molar-refractivity contribution in [3.8, 4) is 0 Å². The third kappa shape index (κ3) is 3.05. The van der Waals surface area contributed by atoms with Gasteiger partial charge in [-0.2, -0.15) is 5.10 Å². The summed E-state index contributed by atoms with van der Waals surface area (Å²) in [5.74, 6) is -0.302. The topological polar surface area (TPSA) is 43.8 Å². The quantitative estimate of drug-likeness (QED) is 0.902. The number of benzene rings is 1. The Morgan fingerprint density at radius 1 is 1.50 bits per heavy atom. The van der Waals surface area contributed by atoms with Gasteiger partial charge in [-0.25, -0.2) is 4.39 Å². The second-order valence-electron chi connectivity index (χ2n) is 4.66. The van der Waals surface area contributed by atoms with Gasteiger partial charge in [0.2, 0.25) is 0 Å². The van der Waals surface area contributed by atoms with Crippen molar-refractivity contribution in [2.45, 2.75) is 25.8 Å². The van der Waals surface area contributed by atoms with Crippen LogP contribution in [-0.4, -0.2) is 9.78 Å². The molecule has 1 unspecified atom stereocenters. The molecule has 1 aromatic carbocycles. The summed E-state index contributed by atoms with van der Waals surface area (Å²) >= 11 is 9.71. The van der Waals surface area contributed by atoms with Gasteiger partial charge in [-0.1, -0.05) is 34.5 Å². The van der Waals surface area contributed by atoms with Gasteiger partial charge in [-0.3, -0.25) is 4.68 Å². The standard InChI is InChI=1S/C14H16BrClFN3/c1-3-12-14(16)13(20(2)19-12)7-11(18)9-6-8(17)4-5-10(9)15/h4-6,11H,3,7,18H2,1-2H3. The minimum Gasteiger partial charge on any atom is -0.324 e. The van der Waals surface area contributed by atoms with Crippen LogP contribution in [0.15, 0.2) is 22.7 Å². The van der Waals surface area contributed by atoms with Gasteiger partial charge in [-0.15, -0.1) is 0 Å². The van der Waals surface area contributed by atoms with E-state index in [4.69, 9.17) is 17.3 Å². The molecule has 20 heavy (non-hydrogen) atoms. The average Bonchev–Trinajstić information content (AvgIpc) is 2.68. The van der Waals surface area contributed by atoms with E-state index in [1.165, 1.54) is 12.1 Å². The van der Waals surface area contributed by atoms with Gasteiger partial charge in [0.1, 0.15) is 5.82 Å². The van der Waals surface area contributed by atoms with Crippen LogP contribution in [0.5, 0.6) is 0 Å². The van der Waals surface area contributed by atoms with Gasteiger partial charge >= 0.3 is 0 Å². The molecule has 0 bridgehead atoms. The molecule has 6 heteroatoms. The van der Waals surface area contributed by atoms with Crippen LogP contribution in [0.3, 0.4) is 0 Å². The summed E-state index contributed by atoms with van der Waals surface area (Å²) in [4.78, 5) is 0. The molecule has 2 rings (SSSR count). The Labute approximate surface area is 131 Å². The first-order valence-corrected chi connectivity index (χ1v) is 7.51. The zero-order valence-electron chi connectivity index (χ0n) is 11.3. The van der Waals surface area contributed by atoms with Crippen LogP contribution >= 0.6 is 27.5 Å². The van der Waals surface area contributed by atoms with Crippen molar-refractivity contribution in [2.75, 3.05) is 0 Å². The highest BCUT2D eigenvalue weighted by molar-refractivity contribution is 9.10. The molecular weight excluding hydrogens is 345 g/mol. The molecule has 0 spiro atoms. The zero-order chi connectivity index (χ0) is 14.9. The molecule has 1 atom stereocenters. The first kappa shape index (κ1) is 15.5. The van der Waals surface area contributed by atoms with Gasteiger partial charge < -0.3 is 5.73 Å². The number of aryl methyl sites for hydroxylation is 2. The highest BCUT2D eigenvalue weighted by atomic mass is 79.9. The fourth-order valence-electron chi connectivity index (χ4n) is 2.16. The van der Waals surface area contributed by atoms with Crippen molar-refractivity contribution >= 4 is 27.5 Å². The summed E-state index contributed by atoms with van der Waals surface area (Å²) in [5.41, 5.74) is 8.64. The smallest absolute Gasteiger partial charge is 0.123 e. The van der Waals surface area contributed by atoms with Crippen LogP contribution in [-0.2, 0) is 19.9 Å².